The van der Waals surface area contributed by atoms with E-state index in [1.807, 2.05) is 38.5 Å². The van der Waals surface area contributed by atoms with Gasteiger partial charge in [-0.15, -0.1) is 5.10 Å². The fraction of sp³-hybridized carbons (Fsp3) is 0.435. The van der Waals surface area contributed by atoms with Crippen LogP contribution in [0.2, 0.25) is 0 Å². The maximum absolute atomic E-state index is 11.5. The van der Waals surface area contributed by atoms with Gasteiger partial charge in [0.15, 0.2) is 0 Å². The third-order valence-electron chi connectivity index (χ3n) is 7.11. The minimum absolute atomic E-state index is 0.182. The molecule has 33 heavy (non-hydrogen) atoms. The molecule has 1 N–H and O–H groups in total. The molecule has 10 heteroatoms. The van der Waals surface area contributed by atoms with Crippen molar-refractivity contribution in [3.05, 3.63) is 37.1 Å². The number of amides is 1. The molecule has 1 saturated carbocycles. The van der Waals surface area contributed by atoms with Crippen molar-refractivity contribution in [2.24, 2.45) is 5.41 Å². The Morgan fingerprint density at radius 2 is 2.03 bits per heavy atom. The van der Waals surface area contributed by atoms with Crippen LogP contribution in [0.4, 0.5) is 5.95 Å². The van der Waals surface area contributed by atoms with Gasteiger partial charge in [0.1, 0.15) is 5.52 Å². The average molecular weight is 447 g/mol. The largest absolute Gasteiger partial charge is 0.479 e. The van der Waals surface area contributed by atoms with Gasteiger partial charge in [-0.1, -0.05) is 0 Å². The van der Waals surface area contributed by atoms with Gasteiger partial charge in [-0.25, -0.2) is 14.5 Å². The molecule has 0 radical (unpaired) electrons. The number of carbonyl (C=O) groups excluding carboxylic acids is 1. The standard InChI is InChI=1S/C23H26N8O2/c1-15(32)30-13-23(14-30)6-3-17(4-7-23)26-21-27-20(33-2)19-18(5-9-31(19)28-21)16-11-25-22-24-8-10-29(22)12-16/h5,8-12,17H,3-4,6-7,13-14H2,1-2H3,(H,26,28). The molecule has 2 aliphatic rings. The average Bonchev–Trinajstić information content (AvgIpc) is 3.44. The summed E-state index contributed by atoms with van der Waals surface area (Å²) >= 11 is 0. The summed E-state index contributed by atoms with van der Waals surface area (Å²) in [5, 5.41) is 8.21. The molecule has 1 amide bonds. The Morgan fingerprint density at radius 1 is 1.21 bits per heavy atom. The number of likely N-dealkylation sites (tertiary alicyclic amines) is 1. The van der Waals surface area contributed by atoms with Crippen LogP contribution in [-0.2, 0) is 4.79 Å². The lowest BCUT2D eigenvalue weighted by Gasteiger charge is -2.53. The maximum Gasteiger partial charge on any atom is 0.244 e. The van der Waals surface area contributed by atoms with Crippen molar-refractivity contribution in [1.82, 2.24) is 33.9 Å². The molecule has 10 nitrogen and oxygen atoms in total. The molecule has 2 fully saturated rings. The summed E-state index contributed by atoms with van der Waals surface area (Å²) in [5.74, 6) is 1.91. The van der Waals surface area contributed by atoms with Gasteiger partial charge in [-0.05, 0) is 31.7 Å². The number of imidazole rings is 1. The van der Waals surface area contributed by atoms with Crippen LogP contribution < -0.4 is 10.1 Å². The zero-order valence-corrected chi connectivity index (χ0v) is 18.7. The molecule has 170 valence electrons. The van der Waals surface area contributed by atoms with Gasteiger partial charge in [0.2, 0.25) is 23.5 Å². The predicted octanol–water partition coefficient (Wildman–Crippen LogP) is 2.65. The highest BCUT2D eigenvalue weighted by Gasteiger charge is 2.46. The monoisotopic (exact) mass is 446 g/mol. The molecule has 0 aromatic carbocycles. The SMILES string of the molecule is COc1nc(NC2CCC3(CC2)CN(C(C)=O)C3)nn2ccc(-c3cnc4nccn4c3)c12. The maximum atomic E-state index is 11.5. The third kappa shape index (κ3) is 3.37. The summed E-state index contributed by atoms with van der Waals surface area (Å²) in [4.78, 5) is 26.8. The van der Waals surface area contributed by atoms with Gasteiger partial charge in [0.25, 0.3) is 0 Å². The fourth-order valence-electron chi connectivity index (χ4n) is 5.24. The first kappa shape index (κ1) is 20.0. The molecule has 1 aliphatic heterocycles. The summed E-state index contributed by atoms with van der Waals surface area (Å²) in [6, 6.07) is 2.31. The fourth-order valence-corrected chi connectivity index (χ4v) is 5.24. The minimum Gasteiger partial charge on any atom is -0.479 e. The molecule has 1 spiro atoms. The summed E-state index contributed by atoms with van der Waals surface area (Å²) < 4.78 is 9.35. The molecule has 1 aliphatic carbocycles. The Bertz CT molecular complexity index is 1340. The first-order valence-electron chi connectivity index (χ1n) is 11.3. The van der Waals surface area contributed by atoms with Crippen molar-refractivity contribution in [3.63, 3.8) is 0 Å². The molecule has 5 heterocycles. The molecule has 1 saturated heterocycles. The normalized spacial score (nSPS) is 18.1. The van der Waals surface area contributed by atoms with E-state index >= 15 is 0 Å². The minimum atomic E-state index is 0.182. The third-order valence-corrected chi connectivity index (χ3v) is 7.11. The van der Waals surface area contributed by atoms with Crippen LogP contribution in [0.1, 0.15) is 32.6 Å². The van der Waals surface area contributed by atoms with Gasteiger partial charge in [-0.3, -0.25) is 9.20 Å². The number of hydrogen-bond acceptors (Lipinski definition) is 7. The number of anilines is 1. The van der Waals surface area contributed by atoms with Crippen LogP contribution in [-0.4, -0.2) is 66.0 Å². The molecule has 4 aromatic heterocycles. The van der Waals surface area contributed by atoms with Crippen LogP contribution >= 0.6 is 0 Å². The van der Waals surface area contributed by atoms with Gasteiger partial charge < -0.3 is 15.0 Å². The van der Waals surface area contributed by atoms with E-state index in [0.29, 0.717) is 29.1 Å². The van der Waals surface area contributed by atoms with Gasteiger partial charge in [0, 0.05) is 73.6 Å². The first-order chi connectivity index (χ1) is 16.0. The topological polar surface area (TPSA) is 102 Å². The van der Waals surface area contributed by atoms with Gasteiger partial charge >= 0.3 is 0 Å². The highest BCUT2D eigenvalue weighted by atomic mass is 16.5. The van der Waals surface area contributed by atoms with Crippen molar-refractivity contribution in [3.8, 4) is 17.0 Å². The Labute approximate surface area is 190 Å². The number of nitrogens with zero attached hydrogens (tertiary/aromatic N) is 7. The number of carbonyl (C=O) groups is 1. The first-order valence-corrected chi connectivity index (χ1v) is 11.3. The van der Waals surface area contributed by atoms with Gasteiger partial charge in [-0.2, -0.15) is 4.98 Å². The number of ether oxygens (including phenoxy) is 1. The van der Waals surface area contributed by atoms with Crippen LogP contribution in [0, 0.1) is 5.41 Å². The van der Waals surface area contributed by atoms with E-state index in [4.69, 9.17) is 9.84 Å². The van der Waals surface area contributed by atoms with Crippen LogP contribution in [0.25, 0.3) is 22.4 Å². The second kappa shape index (κ2) is 7.43. The Kier molecular flexibility index (Phi) is 4.49. The van der Waals surface area contributed by atoms with Crippen molar-refractivity contribution >= 4 is 23.1 Å². The molecule has 4 aromatic rings. The Morgan fingerprint density at radius 3 is 2.79 bits per heavy atom. The Balaban J connectivity index is 1.22. The molecular weight excluding hydrogens is 420 g/mol. The van der Waals surface area contributed by atoms with E-state index in [0.717, 1.165) is 55.4 Å². The van der Waals surface area contributed by atoms with E-state index in [2.05, 4.69) is 20.3 Å². The highest BCUT2D eigenvalue weighted by molar-refractivity contribution is 5.84. The van der Waals surface area contributed by atoms with Crippen LogP contribution in [0.5, 0.6) is 5.88 Å². The predicted molar refractivity (Wildman–Crippen MR) is 122 cm³/mol. The number of nitrogens with one attached hydrogen (secondary N) is 1. The number of hydrogen-bond donors (Lipinski definition) is 1. The van der Waals surface area contributed by atoms with Crippen molar-refractivity contribution < 1.29 is 9.53 Å². The van der Waals surface area contributed by atoms with Crippen LogP contribution in [0.3, 0.4) is 0 Å². The van der Waals surface area contributed by atoms with E-state index in [1.165, 1.54) is 0 Å². The van der Waals surface area contributed by atoms with E-state index in [-0.39, 0.29) is 5.91 Å². The van der Waals surface area contributed by atoms with Crippen LogP contribution in [0.15, 0.2) is 37.1 Å². The van der Waals surface area contributed by atoms with Crippen molar-refractivity contribution in [2.45, 2.75) is 38.6 Å². The lowest BCUT2D eigenvalue weighted by atomic mass is 9.67. The van der Waals surface area contributed by atoms with E-state index in [9.17, 15) is 4.79 Å². The van der Waals surface area contributed by atoms with Crippen molar-refractivity contribution in [2.75, 3.05) is 25.5 Å². The smallest absolute Gasteiger partial charge is 0.244 e. The second-order valence-electron chi connectivity index (χ2n) is 9.24. The highest BCUT2D eigenvalue weighted by Crippen LogP contribution is 2.44. The zero-order chi connectivity index (χ0) is 22.6. The zero-order valence-electron chi connectivity index (χ0n) is 18.7. The Hall–Kier alpha value is -3.69. The summed E-state index contributed by atoms with van der Waals surface area (Å²) in [6.07, 6.45) is 13.6. The van der Waals surface area contributed by atoms with Crippen molar-refractivity contribution in [1.29, 1.82) is 0 Å². The lowest BCUT2D eigenvalue weighted by Crippen LogP contribution is -2.59. The van der Waals surface area contributed by atoms with Gasteiger partial charge in [0.05, 0.1) is 7.11 Å². The summed E-state index contributed by atoms with van der Waals surface area (Å²) in [5.41, 5.74) is 2.99. The second-order valence-corrected chi connectivity index (χ2v) is 9.24. The lowest BCUT2D eigenvalue weighted by molar-refractivity contribution is -0.143. The number of rotatable bonds is 4. The molecular formula is C23H26N8O2. The molecule has 6 rings (SSSR count). The number of aromatic nitrogens is 6. The molecule has 0 unspecified atom stereocenters. The summed E-state index contributed by atoms with van der Waals surface area (Å²) in [7, 11) is 1.63. The number of methoxy groups -OCH3 is 1. The molecule has 0 bridgehead atoms. The summed E-state index contributed by atoms with van der Waals surface area (Å²) in [6.45, 7) is 3.45. The molecule has 0 atom stereocenters. The van der Waals surface area contributed by atoms with E-state index in [1.54, 1.807) is 26.4 Å². The van der Waals surface area contributed by atoms with E-state index < -0.39 is 0 Å². The quantitative estimate of drug-likeness (QED) is 0.514. The number of fused-ring (bicyclic) bond motifs is 2.